The van der Waals surface area contributed by atoms with E-state index in [0.29, 0.717) is 5.41 Å². The van der Waals surface area contributed by atoms with E-state index in [1.165, 1.54) is 18.4 Å². The first-order valence-corrected chi connectivity index (χ1v) is 5.15. The zero-order chi connectivity index (χ0) is 9.03. The minimum absolute atomic E-state index is 0.443. The van der Waals surface area contributed by atoms with Gasteiger partial charge < -0.3 is 4.74 Å². The Kier molecular flexibility index (Phi) is 3.66. The zero-order valence-electron chi connectivity index (χ0n) is 7.81. The monoisotopic (exact) mass is 186 g/mol. The molecule has 1 saturated carbocycles. The lowest BCUT2D eigenvalue weighted by Gasteiger charge is -2.11. The number of rotatable bonds is 6. The van der Waals surface area contributed by atoms with Crippen LogP contribution in [0.4, 0.5) is 0 Å². The molecule has 0 bridgehead atoms. The van der Waals surface area contributed by atoms with Crippen molar-refractivity contribution in [3.05, 3.63) is 12.2 Å². The van der Waals surface area contributed by atoms with Crippen LogP contribution in [0, 0.1) is 5.41 Å². The molecule has 70 valence electrons. The third-order valence-corrected chi connectivity index (χ3v) is 3.04. The largest absolute Gasteiger partial charge is 0.381 e. The fraction of sp³-hybridized carbons (Fsp3) is 0.800. The zero-order valence-corrected chi connectivity index (χ0v) is 8.70. The molecule has 0 atom stereocenters. The Hall–Kier alpha value is 0.0500. The van der Waals surface area contributed by atoms with Crippen LogP contribution >= 0.6 is 12.6 Å². The second kappa shape index (κ2) is 4.33. The van der Waals surface area contributed by atoms with Gasteiger partial charge in [-0.15, -0.1) is 6.58 Å². The molecule has 1 nitrogen and oxygen atoms in total. The summed E-state index contributed by atoms with van der Waals surface area (Å²) in [5.74, 6) is 0.972. The third kappa shape index (κ3) is 3.20. The molecule has 0 amide bonds. The summed E-state index contributed by atoms with van der Waals surface area (Å²) in [6, 6.07) is 0. The number of ether oxygens (including phenoxy) is 1. The van der Waals surface area contributed by atoms with E-state index in [2.05, 4.69) is 19.2 Å². The van der Waals surface area contributed by atoms with Gasteiger partial charge in [0.15, 0.2) is 0 Å². The highest BCUT2D eigenvalue weighted by molar-refractivity contribution is 7.80. The van der Waals surface area contributed by atoms with Crippen LogP contribution in [0.1, 0.15) is 26.2 Å². The molecule has 1 fully saturated rings. The predicted octanol–water partition coefficient (Wildman–Crippen LogP) is 2.68. The van der Waals surface area contributed by atoms with Gasteiger partial charge in [-0.2, -0.15) is 12.6 Å². The van der Waals surface area contributed by atoms with Crippen molar-refractivity contribution in [3.63, 3.8) is 0 Å². The van der Waals surface area contributed by atoms with E-state index in [4.69, 9.17) is 4.74 Å². The van der Waals surface area contributed by atoms with Gasteiger partial charge >= 0.3 is 0 Å². The van der Waals surface area contributed by atoms with Crippen LogP contribution in [0.15, 0.2) is 12.2 Å². The van der Waals surface area contributed by atoms with Crippen LogP contribution in [0.3, 0.4) is 0 Å². The van der Waals surface area contributed by atoms with E-state index in [9.17, 15) is 0 Å². The van der Waals surface area contributed by atoms with Crippen molar-refractivity contribution >= 4 is 12.6 Å². The molecule has 0 heterocycles. The first-order valence-electron chi connectivity index (χ1n) is 4.51. The van der Waals surface area contributed by atoms with Crippen molar-refractivity contribution in [1.82, 2.24) is 0 Å². The molecule has 1 aliphatic carbocycles. The molecule has 0 saturated heterocycles. The van der Waals surface area contributed by atoms with Gasteiger partial charge in [-0.1, -0.05) is 5.57 Å². The van der Waals surface area contributed by atoms with Gasteiger partial charge in [-0.05, 0) is 31.9 Å². The molecule has 0 unspecified atom stereocenters. The summed E-state index contributed by atoms with van der Waals surface area (Å²) in [5.41, 5.74) is 1.64. The van der Waals surface area contributed by atoms with Crippen LogP contribution in [0.5, 0.6) is 0 Å². The topological polar surface area (TPSA) is 9.23 Å². The van der Waals surface area contributed by atoms with E-state index >= 15 is 0 Å². The summed E-state index contributed by atoms with van der Waals surface area (Å²) < 4.78 is 5.55. The van der Waals surface area contributed by atoms with Crippen molar-refractivity contribution in [1.29, 1.82) is 0 Å². The Morgan fingerprint density at radius 2 is 2.25 bits per heavy atom. The highest BCUT2D eigenvalue weighted by Crippen LogP contribution is 2.46. The Bertz CT molecular complexity index is 161. The first kappa shape index (κ1) is 10.1. The van der Waals surface area contributed by atoms with Crippen LogP contribution in [0.25, 0.3) is 0 Å². The first-order chi connectivity index (χ1) is 5.68. The maximum Gasteiger partial charge on any atom is 0.0530 e. The fourth-order valence-electron chi connectivity index (χ4n) is 1.06. The van der Waals surface area contributed by atoms with Gasteiger partial charge in [-0.3, -0.25) is 0 Å². The van der Waals surface area contributed by atoms with E-state index in [1.54, 1.807) is 0 Å². The van der Waals surface area contributed by atoms with E-state index < -0.39 is 0 Å². The number of hydrogen-bond acceptors (Lipinski definition) is 2. The summed E-state index contributed by atoms with van der Waals surface area (Å²) in [6.07, 6.45) is 3.58. The van der Waals surface area contributed by atoms with Crippen molar-refractivity contribution < 1.29 is 4.74 Å². The van der Waals surface area contributed by atoms with Crippen LogP contribution in [-0.4, -0.2) is 19.0 Å². The van der Waals surface area contributed by atoms with Gasteiger partial charge in [0.1, 0.15) is 0 Å². The highest BCUT2D eigenvalue weighted by atomic mass is 32.1. The van der Waals surface area contributed by atoms with E-state index in [-0.39, 0.29) is 0 Å². The molecule has 12 heavy (non-hydrogen) atoms. The van der Waals surface area contributed by atoms with Crippen molar-refractivity contribution in [2.45, 2.75) is 26.2 Å². The molecular weight excluding hydrogens is 168 g/mol. The number of thiol groups is 1. The molecule has 0 aromatic heterocycles. The van der Waals surface area contributed by atoms with Crippen LogP contribution in [0.2, 0.25) is 0 Å². The molecule has 1 aliphatic rings. The maximum absolute atomic E-state index is 5.55. The van der Waals surface area contributed by atoms with E-state index in [0.717, 1.165) is 25.4 Å². The average Bonchev–Trinajstić information content (AvgIpc) is 2.79. The standard InChI is InChI=1S/C10H18OS/c1-9(2)3-6-11-7-10(8-12)4-5-10/h12H,1,3-8H2,2H3. The van der Waals surface area contributed by atoms with Crippen molar-refractivity contribution in [2.24, 2.45) is 5.41 Å². The van der Waals surface area contributed by atoms with Gasteiger partial charge in [0.2, 0.25) is 0 Å². The molecule has 1 rings (SSSR count). The second-order valence-electron chi connectivity index (χ2n) is 3.92. The minimum Gasteiger partial charge on any atom is -0.381 e. The smallest absolute Gasteiger partial charge is 0.0530 e. The van der Waals surface area contributed by atoms with Crippen molar-refractivity contribution in [3.8, 4) is 0 Å². The average molecular weight is 186 g/mol. The third-order valence-electron chi connectivity index (χ3n) is 2.37. The summed E-state index contributed by atoms with van der Waals surface area (Å²) >= 11 is 4.31. The van der Waals surface area contributed by atoms with Crippen LogP contribution < -0.4 is 0 Å². The summed E-state index contributed by atoms with van der Waals surface area (Å²) in [5, 5.41) is 0. The Balaban J connectivity index is 1.99. The normalized spacial score (nSPS) is 19.2. The summed E-state index contributed by atoms with van der Waals surface area (Å²) in [4.78, 5) is 0. The minimum atomic E-state index is 0.443. The lowest BCUT2D eigenvalue weighted by molar-refractivity contribution is 0.101. The molecule has 0 aliphatic heterocycles. The van der Waals surface area contributed by atoms with Gasteiger partial charge in [0.05, 0.1) is 13.2 Å². The molecule has 0 N–H and O–H groups in total. The van der Waals surface area contributed by atoms with Crippen LogP contribution in [-0.2, 0) is 4.74 Å². The Morgan fingerprint density at radius 1 is 1.58 bits per heavy atom. The maximum atomic E-state index is 5.55. The number of hydrogen-bond donors (Lipinski definition) is 1. The quantitative estimate of drug-likeness (QED) is 0.381. The lowest BCUT2D eigenvalue weighted by Crippen LogP contribution is -2.12. The molecule has 0 spiro atoms. The van der Waals surface area contributed by atoms with Gasteiger partial charge in [-0.25, -0.2) is 0 Å². The van der Waals surface area contributed by atoms with Crippen molar-refractivity contribution in [2.75, 3.05) is 19.0 Å². The predicted molar refractivity (Wildman–Crippen MR) is 55.8 cm³/mol. The second-order valence-corrected chi connectivity index (χ2v) is 4.23. The molecule has 0 aromatic rings. The molecule has 0 radical (unpaired) electrons. The molecular formula is C10H18OS. The Morgan fingerprint density at radius 3 is 2.67 bits per heavy atom. The molecule has 2 heteroatoms. The van der Waals surface area contributed by atoms with Gasteiger partial charge in [0, 0.05) is 5.41 Å². The fourth-order valence-corrected chi connectivity index (χ4v) is 1.47. The molecule has 0 aromatic carbocycles. The highest BCUT2D eigenvalue weighted by Gasteiger charge is 2.41. The lowest BCUT2D eigenvalue weighted by atomic mass is 10.2. The summed E-state index contributed by atoms with van der Waals surface area (Å²) in [7, 11) is 0. The van der Waals surface area contributed by atoms with E-state index in [1.807, 2.05) is 6.92 Å². The summed E-state index contributed by atoms with van der Waals surface area (Å²) in [6.45, 7) is 7.58. The van der Waals surface area contributed by atoms with Gasteiger partial charge in [0.25, 0.3) is 0 Å². The SMILES string of the molecule is C=C(C)CCOCC1(CS)CC1. The Labute approximate surface area is 80.6 Å².